The number of fused-ring (bicyclic) bond motifs is 1. The van der Waals surface area contributed by atoms with Crippen LogP contribution in [0.1, 0.15) is 25.7 Å². The Hall–Kier alpha value is -0.650. The highest BCUT2D eigenvalue weighted by atomic mass is 32.2. The lowest BCUT2D eigenvalue weighted by Crippen LogP contribution is -2.45. The molecule has 5 heteroatoms. The molecule has 1 aliphatic rings. The van der Waals surface area contributed by atoms with E-state index in [1.165, 1.54) is 18.2 Å². The van der Waals surface area contributed by atoms with Gasteiger partial charge in [-0.3, -0.25) is 0 Å². The van der Waals surface area contributed by atoms with Crippen LogP contribution in [0.25, 0.3) is 11.1 Å². The molecule has 0 aliphatic heterocycles. The fourth-order valence-corrected chi connectivity index (χ4v) is 4.97. The van der Waals surface area contributed by atoms with Crippen LogP contribution < -0.4 is 0 Å². The predicted octanol–water partition coefficient (Wildman–Crippen LogP) is 3.96. The quantitative estimate of drug-likeness (QED) is 0.866. The minimum atomic E-state index is -0.594. The number of oxazole rings is 1. The maximum atomic E-state index is 10.9. The molecule has 0 radical (unpaired) electrons. The van der Waals surface area contributed by atoms with E-state index in [0.29, 0.717) is 16.2 Å². The first kappa shape index (κ1) is 14.3. The van der Waals surface area contributed by atoms with Crippen LogP contribution in [-0.4, -0.2) is 33.0 Å². The van der Waals surface area contributed by atoms with Crippen molar-refractivity contribution in [3.8, 4) is 0 Å². The average Bonchev–Trinajstić information content (AvgIpc) is 2.89. The summed E-state index contributed by atoms with van der Waals surface area (Å²) in [5.74, 6) is 0.658. The summed E-state index contributed by atoms with van der Waals surface area (Å²) >= 11 is 3.31. The first-order chi connectivity index (χ1) is 9.71. The third-order valence-electron chi connectivity index (χ3n) is 3.93. The van der Waals surface area contributed by atoms with Crippen LogP contribution in [0.2, 0.25) is 0 Å². The summed E-state index contributed by atoms with van der Waals surface area (Å²) in [4.78, 5) is 4.46. The van der Waals surface area contributed by atoms with Crippen LogP contribution in [-0.2, 0) is 0 Å². The summed E-state index contributed by atoms with van der Waals surface area (Å²) < 4.78 is 5.71. The largest absolute Gasteiger partial charge is 0.431 e. The maximum Gasteiger partial charge on any atom is 0.256 e. The molecule has 1 aromatic heterocycles. The van der Waals surface area contributed by atoms with E-state index in [1.807, 2.05) is 24.3 Å². The first-order valence-electron chi connectivity index (χ1n) is 6.95. The second-order valence-corrected chi connectivity index (χ2v) is 7.28. The number of thioether (sulfide) groups is 2. The summed E-state index contributed by atoms with van der Waals surface area (Å²) in [6, 6.07) is 7.77. The predicted molar refractivity (Wildman–Crippen MR) is 85.5 cm³/mol. The van der Waals surface area contributed by atoms with Crippen LogP contribution in [0.15, 0.2) is 33.9 Å². The van der Waals surface area contributed by atoms with Gasteiger partial charge in [0.25, 0.3) is 5.22 Å². The van der Waals surface area contributed by atoms with Crippen molar-refractivity contribution in [2.75, 3.05) is 12.0 Å². The van der Waals surface area contributed by atoms with Crippen molar-refractivity contribution in [2.45, 2.75) is 41.8 Å². The van der Waals surface area contributed by atoms with E-state index >= 15 is 0 Å². The van der Waals surface area contributed by atoms with Crippen molar-refractivity contribution in [3.05, 3.63) is 24.3 Å². The molecule has 0 amide bonds. The van der Waals surface area contributed by atoms with Crippen LogP contribution in [0.3, 0.4) is 0 Å². The van der Waals surface area contributed by atoms with Gasteiger partial charge in [0.15, 0.2) is 5.58 Å². The fraction of sp³-hybridized carbons (Fsp3) is 0.533. The molecule has 1 aliphatic carbocycles. The third-order valence-corrected chi connectivity index (χ3v) is 6.24. The number of benzene rings is 1. The van der Waals surface area contributed by atoms with E-state index < -0.39 is 5.60 Å². The monoisotopic (exact) mass is 309 g/mol. The average molecular weight is 309 g/mol. The zero-order valence-corrected chi connectivity index (χ0v) is 13.2. The van der Waals surface area contributed by atoms with Crippen molar-refractivity contribution < 1.29 is 9.52 Å². The second kappa shape index (κ2) is 6.00. The molecule has 0 bridgehead atoms. The molecule has 3 rings (SSSR count). The zero-order chi connectivity index (χ0) is 14.0. The highest BCUT2D eigenvalue weighted by molar-refractivity contribution is 8.00. The van der Waals surface area contributed by atoms with Crippen molar-refractivity contribution in [3.63, 3.8) is 0 Å². The number of hydrogen-bond donors (Lipinski definition) is 1. The normalized spacial score (nSPS) is 27.0. The Bertz CT molecular complexity index is 553. The molecule has 1 N–H and O–H groups in total. The Balaban J connectivity index is 1.71. The van der Waals surface area contributed by atoms with Gasteiger partial charge in [-0.05, 0) is 31.2 Å². The molecule has 1 saturated carbocycles. The number of para-hydroxylation sites is 2. The van der Waals surface area contributed by atoms with Crippen molar-refractivity contribution in [2.24, 2.45) is 0 Å². The summed E-state index contributed by atoms with van der Waals surface area (Å²) in [7, 11) is 0. The van der Waals surface area contributed by atoms with E-state index in [0.717, 1.165) is 30.4 Å². The molecular weight excluding hydrogens is 290 g/mol. The Labute approximate surface area is 127 Å². The molecule has 0 spiro atoms. The van der Waals surface area contributed by atoms with Crippen LogP contribution in [0.5, 0.6) is 0 Å². The molecule has 108 valence electrons. The minimum absolute atomic E-state index is 0.327. The molecule has 1 heterocycles. The Morgan fingerprint density at radius 1 is 1.40 bits per heavy atom. The van der Waals surface area contributed by atoms with Gasteiger partial charge in [-0.25, -0.2) is 4.98 Å². The lowest BCUT2D eigenvalue weighted by atomic mass is 9.86. The Kier molecular flexibility index (Phi) is 4.29. The zero-order valence-electron chi connectivity index (χ0n) is 11.5. The van der Waals surface area contributed by atoms with Gasteiger partial charge >= 0.3 is 0 Å². The van der Waals surface area contributed by atoms with Gasteiger partial charge in [0.1, 0.15) is 5.52 Å². The van der Waals surface area contributed by atoms with Crippen LogP contribution in [0.4, 0.5) is 0 Å². The summed E-state index contributed by atoms with van der Waals surface area (Å²) in [6.45, 7) is 0. The summed E-state index contributed by atoms with van der Waals surface area (Å²) in [5.41, 5.74) is 1.10. The summed E-state index contributed by atoms with van der Waals surface area (Å²) in [6.07, 6.45) is 6.41. The minimum Gasteiger partial charge on any atom is -0.431 e. The molecule has 20 heavy (non-hydrogen) atoms. The van der Waals surface area contributed by atoms with Crippen molar-refractivity contribution in [1.29, 1.82) is 0 Å². The van der Waals surface area contributed by atoms with Gasteiger partial charge in [-0.1, -0.05) is 36.7 Å². The van der Waals surface area contributed by atoms with Crippen molar-refractivity contribution in [1.82, 2.24) is 4.98 Å². The SMILES string of the molecule is CS[C@@H]1CCCC[C@]1(O)CSc1nc2ccccc2o1. The standard InChI is InChI=1S/C15H19NO2S2/c1-19-13-8-4-5-9-15(13,17)10-20-14-16-11-6-2-3-7-12(11)18-14/h2-3,6-7,13,17H,4-5,8-10H2,1H3/t13-,15+/m1/s1. The van der Waals surface area contributed by atoms with Gasteiger partial charge in [0.2, 0.25) is 0 Å². The highest BCUT2D eigenvalue weighted by Gasteiger charge is 2.38. The van der Waals surface area contributed by atoms with Gasteiger partial charge in [0.05, 0.1) is 5.60 Å². The first-order valence-corrected chi connectivity index (χ1v) is 9.22. The van der Waals surface area contributed by atoms with E-state index in [4.69, 9.17) is 4.42 Å². The molecule has 1 aromatic carbocycles. The molecule has 1 fully saturated rings. The second-order valence-electron chi connectivity index (χ2n) is 5.31. The van der Waals surface area contributed by atoms with E-state index in [-0.39, 0.29) is 0 Å². The van der Waals surface area contributed by atoms with E-state index in [1.54, 1.807) is 11.8 Å². The van der Waals surface area contributed by atoms with E-state index in [9.17, 15) is 5.11 Å². The molecule has 2 aromatic rings. The number of aromatic nitrogens is 1. The third kappa shape index (κ3) is 2.85. The van der Waals surface area contributed by atoms with Crippen molar-refractivity contribution >= 4 is 34.6 Å². The van der Waals surface area contributed by atoms with Gasteiger partial charge < -0.3 is 9.52 Å². The lowest BCUT2D eigenvalue weighted by molar-refractivity contribution is 0.0339. The number of rotatable bonds is 4. The van der Waals surface area contributed by atoms with Crippen LogP contribution in [0, 0.1) is 0 Å². The number of nitrogens with zero attached hydrogens (tertiary/aromatic N) is 1. The van der Waals surface area contributed by atoms with E-state index in [2.05, 4.69) is 11.2 Å². The smallest absolute Gasteiger partial charge is 0.256 e. The summed E-state index contributed by atoms with van der Waals surface area (Å²) in [5, 5.41) is 11.8. The Morgan fingerprint density at radius 2 is 2.25 bits per heavy atom. The maximum absolute atomic E-state index is 10.9. The van der Waals surface area contributed by atoms with Gasteiger partial charge in [-0.2, -0.15) is 11.8 Å². The fourth-order valence-electron chi connectivity index (χ4n) is 2.79. The Morgan fingerprint density at radius 3 is 3.05 bits per heavy atom. The van der Waals surface area contributed by atoms with Crippen LogP contribution >= 0.6 is 23.5 Å². The highest BCUT2D eigenvalue weighted by Crippen LogP contribution is 2.39. The molecule has 3 nitrogen and oxygen atoms in total. The van der Waals surface area contributed by atoms with Gasteiger partial charge in [-0.15, -0.1) is 0 Å². The lowest BCUT2D eigenvalue weighted by Gasteiger charge is -2.38. The topological polar surface area (TPSA) is 46.3 Å². The molecule has 0 unspecified atom stereocenters. The van der Waals surface area contributed by atoms with Gasteiger partial charge in [0, 0.05) is 11.0 Å². The molecule has 0 saturated heterocycles. The number of aliphatic hydroxyl groups is 1. The molecule has 2 atom stereocenters. The number of hydrogen-bond acceptors (Lipinski definition) is 5. The molecular formula is C15H19NO2S2.